The van der Waals surface area contributed by atoms with Crippen LogP contribution in [0.5, 0.6) is 0 Å². The van der Waals surface area contributed by atoms with E-state index < -0.39 is 0 Å². The first kappa shape index (κ1) is 47.3. The van der Waals surface area contributed by atoms with Gasteiger partial charge >= 0.3 is 0 Å². The van der Waals surface area contributed by atoms with Gasteiger partial charge in [-0.15, -0.1) is 0 Å². The van der Waals surface area contributed by atoms with Gasteiger partial charge in [-0.3, -0.25) is 0 Å². The first-order valence-corrected chi connectivity index (χ1v) is 27.3. The largest absolute Gasteiger partial charge is 0.455 e. The number of para-hydroxylation sites is 3. The lowest BCUT2D eigenvalue weighted by Gasteiger charge is -2.21. The summed E-state index contributed by atoms with van der Waals surface area (Å²) in [5.74, 6) is 1.64. The molecule has 0 saturated heterocycles. The number of fused-ring (bicyclic) bond motifs is 10. The van der Waals surface area contributed by atoms with E-state index in [0.29, 0.717) is 17.5 Å². The second-order valence-electron chi connectivity index (χ2n) is 20.3. The molecule has 0 aliphatic carbocycles. The van der Waals surface area contributed by atoms with Crippen molar-refractivity contribution in [2.75, 3.05) is 0 Å². The molecule has 0 atom stereocenters. The van der Waals surface area contributed by atoms with Crippen molar-refractivity contribution in [3.05, 3.63) is 297 Å². The molecule has 0 radical (unpaired) electrons. The fraction of sp³-hybridized carbons (Fsp3) is 0. The molecule has 15 rings (SSSR count). The lowest BCUT2D eigenvalue weighted by Crippen LogP contribution is -2.04. The molecule has 0 amide bonds. The van der Waals surface area contributed by atoms with Gasteiger partial charge in [0.15, 0.2) is 17.5 Å². The summed E-state index contributed by atoms with van der Waals surface area (Å²) in [6.07, 6.45) is 7.84. The van der Waals surface area contributed by atoms with Gasteiger partial charge in [0, 0.05) is 60.9 Å². The zero-order valence-electron chi connectivity index (χ0n) is 44.0. The Morgan fingerprint density at radius 3 is 1.59 bits per heavy atom. The van der Waals surface area contributed by atoms with E-state index in [2.05, 4.69) is 258 Å². The van der Waals surface area contributed by atoms with E-state index in [1.807, 2.05) is 42.5 Å². The number of benzene rings is 11. The fourth-order valence-electron chi connectivity index (χ4n) is 11.9. The van der Waals surface area contributed by atoms with E-state index >= 15 is 0 Å². The van der Waals surface area contributed by atoms with E-state index in [4.69, 9.17) is 19.4 Å². The zero-order valence-corrected chi connectivity index (χ0v) is 44.0. The summed E-state index contributed by atoms with van der Waals surface area (Å²) in [5.41, 5.74) is 18.3. The molecule has 0 bridgehead atoms. The molecule has 15 aromatic rings. The maximum absolute atomic E-state index is 7.22. The highest BCUT2D eigenvalue weighted by atomic mass is 16.3. The van der Waals surface area contributed by atoms with Crippen molar-refractivity contribution in [2.24, 2.45) is 0 Å². The lowest BCUT2D eigenvalue weighted by molar-refractivity contribution is 0.673. The van der Waals surface area contributed by atoms with Gasteiger partial charge in [-0.05, 0) is 94.1 Å². The first-order valence-electron chi connectivity index (χ1n) is 27.3. The van der Waals surface area contributed by atoms with Crippen molar-refractivity contribution in [1.29, 1.82) is 0 Å². The average molecular weight is 1040 g/mol. The van der Waals surface area contributed by atoms with E-state index in [1.54, 1.807) is 0 Å². The highest BCUT2D eigenvalue weighted by Gasteiger charge is 2.26. The van der Waals surface area contributed by atoms with Crippen LogP contribution in [0.1, 0.15) is 11.4 Å². The van der Waals surface area contributed by atoms with Crippen LogP contribution in [0, 0.1) is 0 Å². The maximum Gasteiger partial charge on any atom is 0.164 e. The summed E-state index contributed by atoms with van der Waals surface area (Å²) < 4.78 is 12.0. The van der Waals surface area contributed by atoms with Crippen molar-refractivity contribution in [3.8, 4) is 67.5 Å². The van der Waals surface area contributed by atoms with E-state index in [-0.39, 0.29) is 0 Å². The number of rotatable bonds is 11. The van der Waals surface area contributed by atoms with Crippen LogP contribution in [0.2, 0.25) is 0 Å². The number of aromatic nitrogens is 5. The van der Waals surface area contributed by atoms with Crippen LogP contribution in [0.4, 0.5) is 0 Å². The minimum atomic E-state index is 0.527. The van der Waals surface area contributed by atoms with E-state index in [9.17, 15) is 0 Å². The molecule has 0 aliphatic rings. The highest BCUT2D eigenvalue weighted by molar-refractivity contribution is 6.26. The molecule has 0 N–H and O–H groups in total. The van der Waals surface area contributed by atoms with Crippen LogP contribution in [0.15, 0.2) is 290 Å². The van der Waals surface area contributed by atoms with Gasteiger partial charge in [0.2, 0.25) is 0 Å². The second-order valence-corrected chi connectivity index (χ2v) is 20.3. The monoisotopic (exact) mass is 1040 g/mol. The van der Waals surface area contributed by atoms with Crippen LogP contribution in [0.3, 0.4) is 0 Å². The van der Waals surface area contributed by atoms with Crippen LogP contribution >= 0.6 is 0 Å². The van der Waals surface area contributed by atoms with Crippen LogP contribution in [-0.4, -0.2) is 24.1 Å². The number of hydrogen-bond acceptors (Lipinski definition) is 4. The highest BCUT2D eigenvalue weighted by Crippen LogP contribution is 2.47. The topological polar surface area (TPSA) is 61.7 Å². The van der Waals surface area contributed by atoms with Crippen molar-refractivity contribution in [1.82, 2.24) is 24.1 Å². The molecule has 0 spiro atoms. The molecule has 6 nitrogen and oxygen atoms in total. The molecule has 81 heavy (non-hydrogen) atoms. The van der Waals surface area contributed by atoms with Gasteiger partial charge < -0.3 is 13.6 Å². The van der Waals surface area contributed by atoms with Gasteiger partial charge in [0.25, 0.3) is 0 Å². The van der Waals surface area contributed by atoms with E-state index in [0.717, 1.165) is 122 Å². The number of allylic oxidation sites excluding steroid dienone is 4. The molecule has 4 heterocycles. The number of hydrogen-bond donors (Lipinski definition) is 0. The van der Waals surface area contributed by atoms with Gasteiger partial charge in [-0.2, -0.15) is 0 Å². The third-order valence-corrected chi connectivity index (χ3v) is 15.6. The molecule has 11 aromatic carbocycles. The van der Waals surface area contributed by atoms with Gasteiger partial charge in [-0.1, -0.05) is 225 Å². The van der Waals surface area contributed by atoms with Crippen LogP contribution in [0.25, 0.3) is 145 Å². The Bertz CT molecular complexity index is 4900. The number of nitrogens with zero attached hydrogens (tertiary/aromatic N) is 5. The minimum Gasteiger partial charge on any atom is -0.455 e. The molecule has 0 aliphatic heterocycles. The Morgan fingerprint density at radius 1 is 0.395 bits per heavy atom. The van der Waals surface area contributed by atoms with Crippen molar-refractivity contribution in [2.45, 2.75) is 0 Å². The third-order valence-electron chi connectivity index (χ3n) is 15.6. The Kier molecular flexibility index (Phi) is 11.6. The fourth-order valence-corrected chi connectivity index (χ4v) is 11.9. The molecule has 380 valence electrons. The summed E-state index contributed by atoms with van der Waals surface area (Å²) >= 11 is 0. The summed E-state index contributed by atoms with van der Waals surface area (Å²) in [5, 5.41) is 6.69. The molecule has 0 fully saturated rings. The predicted octanol–water partition coefficient (Wildman–Crippen LogP) is 19.6. The van der Waals surface area contributed by atoms with Crippen LogP contribution < -0.4 is 0 Å². The average Bonchev–Trinajstić information content (AvgIpc) is 4.40. The minimum absolute atomic E-state index is 0.527. The zero-order chi connectivity index (χ0) is 53.8. The second kappa shape index (κ2) is 19.8. The molecular weight excluding hydrogens is 987 g/mol. The maximum atomic E-state index is 7.22. The van der Waals surface area contributed by atoms with Gasteiger partial charge in [0.05, 0.1) is 33.1 Å². The Labute approximate surface area is 467 Å². The summed E-state index contributed by atoms with van der Waals surface area (Å²) in [4.78, 5) is 15.8. The smallest absolute Gasteiger partial charge is 0.164 e. The molecule has 0 saturated carbocycles. The van der Waals surface area contributed by atoms with Gasteiger partial charge in [-0.25, -0.2) is 15.0 Å². The van der Waals surface area contributed by atoms with Crippen LogP contribution in [-0.2, 0) is 0 Å². The molecule has 4 aromatic heterocycles. The summed E-state index contributed by atoms with van der Waals surface area (Å²) in [6, 6.07) is 92.1. The Hall–Kier alpha value is -11.0. The Morgan fingerprint density at radius 2 is 0.938 bits per heavy atom. The Balaban J connectivity index is 0.971. The standard InChI is InChI=1S/C75H49N5O/c1-2-22-49(50-23-8-3-9-24-50)41-44-70-76-74(55-39-37-52(38-40-55)51-25-10-4-11-26-51)78-75(77-70)56-45-61(53-27-12-5-13-28-53)72(62(46-56)54-29-14-6-15-30-54)80-66-36-21-19-34-60(66)71-67(80)43-42-59-64-47-63-58-33-18-20-35-65(58)79(57-31-16-7-17-32-57)68(63)48-69(64)81-73(59)71/h2-48H,1H2/b44-41+,49-22+. The van der Waals surface area contributed by atoms with E-state index in [1.165, 1.54) is 10.8 Å². The molecular formula is C75H49N5O. The first-order chi connectivity index (χ1) is 40.1. The summed E-state index contributed by atoms with van der Waals surface area (Å²) in [6.45, 7) is 4.03. The lowest BCUT2D eigenvalue weighted by atomic mass is 9.92. The predicted molar refractivity (Wildman–Crippen MR) is 337 cm³/mol. The molecule has 6 heteroatoms. The molecule has 0 unspecified atom stereocenters. The van der Waals surface area contributed by atoms with Gasteiger partial charge in [0.1, 0.15) is 11.2 Å². The summed E-state index contributed by atoms with van der Waals surface area (Å²) in [7, 11) is 0. The SMILES string of the molecule is C=C/C=C(\C=C\c1nc(-c2ccc(-c3ccccc3)cc2)nc(-c2cc(-c3ccccc3)c(-n3c4ccccc4c4c5oc6cc7c(cc6c5ccc43)c3ccccc3n7-c3ccccc3)c(-c3ccccc3)c2)n1)c1ccccc1. The van der Waals surface area contributed by atoms with Crippen molar-refractivity contribution < 1.29 is 4.42 Å². The third kappa shape index (κ3) is 8.24. The van der Waals surface area contributed by atoms with Crippen molar-refractivity contribution in [3.63, 3.8) is 0 Å². The van der Waals surface area contributed by atoms with Crippen molar-refractivity contribution >= 4 is 77.2 Å². The normalized spacial score (nSPS) is 12.0. The number of furan rings is 1. The quantitative estimate of drug-likeness (QED) is 0.121.